The van der Waals surface area contributed by atoms with Crippen molar-refractivity contribution in [1.29, 1.82) is 0 Å². The molecule has 2 rings (SSSR count). The number of ether oxygens (including phenoxy) is 1. The van der Waals surface area contributed by atoms with Gasteiger partial charge in [0.25, 0.3) is 0 Å². The summed E-state index contributed by atoms with van der Waals surface area (Å²) >= 11 is 2.24. The van der Waals surface area contributed by atoms with E-state index in [4.69, 9.17) is 9.84 Å². The Morgan fingerprint density at radius 2 is 2.06 bits per heavy atom. The summed E-state index contributed by atoms with van der Waals surface area (Å²) in [6.07, 6.45) is 1.13. The maximum atomic E-state index is 11.1. The fourth-order valence-electron chi connectivity index (χ4n) is 2.08. The van der Waals surface area contributed by atoms with Gasteiger partial charge in [-0.15, -0.1) is 0 Å². The fourth-order valence-corrected chi connectivity index (χ4v) is 2.44. The van der Waals surface area contributed by atoms with Gasteiger partial charge >= 0.3 is 5.97 Å². The molecule has 1 aliphatic heterocycles. The third-order valence-corrected chi connectivity index (χ3v) is 3.58. The minimum absolute atomic E-state index is 0.0109. The predicted octanol–water partition coefficient (Wildman–Crippen LogP) is 2.64. The Hall–Kier alpha value is -0.620. The van der Waals surface area contributed by atoms with Crippen LogP contribution in [0.15, 0.2) is 24.3 Å². The molecule has 16 heavy (non-hydrogen) atoms. The Morgan fingerprint density at radius 1 is 1.38 bits per heavy atom. The standard InChI is InChI=1S/C12H13IO3/c13-9-5-3-8(4-6-9)10-2-1-7-16-11(10)12(14)15/h3-6,10-11H,1-2,7H2,(H,14,15). The molecule has 0 radical (unpaired) electrons. The Labute approximate surface area is 108 Å². The van der Waals surface area contributed by atoms with Crippen LogP contribution in [-0.2, 0) is 9.53 Å². The summed E-state index contributed by atoms with van der Waals surface area (Å²) in [5.74, 6) is -0.869. The average molecular weight is 332 g/mol. The van der Waals surface area contributed by atoms with Crippen LogP contribution in [0.5, 0.6) is 0 Å². The van der Waals surface area contributed by atoms with Crippen molar-refractivity contribution in [3.8, 4) is 0 Å². The van der Waals surface area contributed by atoms with Gasteiger partial charge in [0.15, 0.2) is 6.10 Å². The molecular formula is C12H13IO3. The number of hydrogen-bond acceptors (Lipinski definition) is 2. The van der Waals surface area contributed by atoms with Gasteiger partial charge in [-0.3, -0.25) is 0 Å². The van der Waals surface area contributed by atoms with Gasteiger partial charge in [0.05, 0.1) is 0 Å². The molecule has 1 aromatic rings. The number of aliphatic carboxylic acids is 1. The number of benzene rings is 1. The maximum Gasteiger partial charge on any atom is 0.333 e. The fraction of sp³-hybridized carbons (Fsp3) is 0.417. The number of hydrogen-bond donors (Lipinski definition) is 1. The molecule has 4 heteroatoms. The summed E-state index contributed by atoms with van der Waals surface area (Å²) in [6, 6.07) is 8.00. The topological polar surface area (TPSA) is 46.5 Å². The molecule has 86 valence electrons. The van der Waals surface area contributed by atoms with Gasteiger partial charge in [0.2, 0.25) is 0 Å². The molecule has 2 unspecified atom stereocenters. The van der Waals surface area contributed by atoms with E-state index in [1.54, 1.807) is 0 Å². The summed E-state index contributed by atoms with van der Waals surface area (Å²) in [5, 5.41) is 9.10. The molecule has 1 N–H and O–H groups in total. The van der Waals surface area contributed by atoms with Gasteiger partial charge in [-0.1, -0.05) is 12.1 Å². The second-order valence-electron chi connectivity index (χ2n) is 3.93. The lowest BCUT2D eigenvalue weighted by atomic mass is 9.87. The van der Waals surface area contributed by atoms with Crippen molar-refractivity contribution >= 4 is 28.6 Å². The van der Waals surface area contributed by atoms with Crippen molar-refractivity contribution in [3.05, 3.63) is 33.4 Å². The molecule has 0 bridgehead atoms. The quantitative estimate of drug-likeness (QED) is 0.847. The number of carbonyl (C=O) groups is 1. The van der Waals surface area contributed by atoms with Crippen LogP contribution in [-0.4, -0.2) is 23.8 Å². The molecule has 1 aromatic carbocycles. The van der Waals surface area contributed by atoms with Crippen molar-refractivity contribution in [2.45, 2.75) is 24.9 Å². The highest BCUT2D eigenvalue weighted by atomic mass is 127. The van der Waals surface area contributed by atoms with Crippen molar-refractivity contribution in [2.75, 3.05) is 6.61 Å². The van der Waals surface area contributed by atoms with E-state index in [1.807, 2.05) is 24.3 Å². The zero-order chi connectivity index (χ0) is 11.5. The Balaban J connectivity index is 2.23. The normalized spacial score (nSPS) is 25.3. The molecular weight excluding hydrogens is 319 g/mol. The molecule has 0 spiro atoms. The molecule has 0 aromatic heterocycles. The van der Waals surface area contributed by atoms with E-state index < -0.39 is 12.1 Å². The number of rotatable bonds is 2. The lowest BCUT2D eigenvalue weighted by Crippen LogP contribution is -2.34. The minimum Gasteiger partial charge on any atom is -0.479 e. The molecule has 1 fully saturated rings. The Kier molecular flexibility index (Phi) is 3.81. The third-order valence-electron chi connectivity index (χ3n) is 2.86. The predicted molar refractivity (Wildman–Crippen MR) is 68.5 cm³/mol. The van der Waals surface area contributed by atoms with Crippen LogP contribution in [0, 0.1) is 3.57 Å². The lowest BCUT2D eigenvalue weighted by molar-refractivity contribution is -0.154. The lowest BCUT2D eigenvalue weighted by Gasteiger charge is -2.29. The smallest absolute Gasteiger partial charge is 0.333 e. The Bertz CT molecular complexity index is 374. The summed E-state index contributed by atoms with van der Waals surface area (Å²) in [5.41, 5.74) is 1.06. The van der Waals surface area contributed by atoms with E-state index in [0.29, 0.717) is 6.61 Å². The van der Waals surface area contributed by atoms with Crippen molar-refractivity contribution in [1.82, 2.24) is 0 Å². The molecule has 1 heterocycles. The van der Waals surface area contributed by atoms with Crippen molar-refractivity contribution in [3.63, 3.8) is 0 Å². The summed E-state index contributed by atoms with van der Waals surface area (Å²) in [6.45, 7) is 0.553. The van der Waals surface area contributed by atoms with Gasteiger partial charge in [0.1, 0.15) is 0 Å². The molecule has 0 amide bonds. The van der Waals surface area contributed by atoms with Crippen molar-refractivity contribution < 1.29 is 14.6 Å². The van der Waals surface area contributed by atoms with E-state index in [9.17, 15) is 4.79 Å². The zero-order valence-corrected chi connectivity index (χ0v) is 10.9. The summed E-state index contributed by atoms with van der Waals surface area (Å²) in [7, 11) is 0. The van der Waals surface area contributed by atoms with E-state index in [1.165, 1.54) is 0 Å². The maximum absolute atomic E-state index is 11.1. The second-order valence-corrected chi connectivity index (χ2v) is 5.18. The monoisotopic (exact) mass is 332 g/mol. The Morgan fingerprint density at radius 3 is 2.69 bits per heavy atom. The van der Waals surface area contributed by atoms with Crippen LogP contribution in [0.3, 0.4) is 0 Å². The van der Waals surface area contributed by atoms with Gasteiger partial charge in [-0.2, -0.15) is 0 Å². The first-order valence-corrected chi connectivity index (χ1v) is 6.36. The highest BCUT2D eigenvalue weighted by molar-refractivity contribution is 14.1. The molecule has 1 aliphatic rings. The van der Waals surface area contributed by atoms with Crippen LogP contribution in [0.25, 0.3) is 0 Å². The SMILES string of the molecule is O=C(O)C1OCCCC1c1ccc(I)cc1. The van der Waals surface area contributed by atoms with Gasteiger partial charge < -0.3 is 9.84 Å². The second kappa shape index (κ2) is 5.14. The van der Waals surface area contributed by atoms with Crippen LogP contribution in [0.1, 0.15) is 24.3 Å². The van der Waals surface area contributed by atoms with Crippen molar-refractivity contribution in [2.24, 2.45) is 0 Å². The van der Waals surface area contributed by atoms with Gasteiger partial charge in [0, 0.05) is 16.1 Å². The summed E-state index contributed by atoms with van der Waals surface area (Å²) in [4.78, 5) is 11.1. The van der Waals surface area contributed by atoms with Gasteiger partial charge in [-0.25, -0.2) is 4.79 Å². The number of halogens is 1. The zero-order valence-electron chi connectivity index (χ0n) is 8.73. The van der Waals surface area contributed by atoms with E-state index in [0.717, 1.165) is 22.0 Å². The van der Waals surface area contributed by atoms with E-state index in [-0.39, 0.29) is 5.92 Å². The first-order valence-electron chi connectivity index (χ1n) is 5.28. The molecule has 1 saturated heterocycles. The van der Waals surface area contributed by atoms with Crippen LogP contribution >= 0.6 is 22.6 Å². The molecule has 0 aliphatic carbocycles. The van der Waals surface area contributed by atoms with Crippen LogP contribution < -0.4 is 0 Å². The van der Waals surface area contributed by atoms with Crippen LogP contribution in [0.2, 0.25) is 0 Å². The largest absolute Gasteiger partial charge is 0.479 e. The highest BCUT2D eigenvalue weighted by Gasteiger charge is 2.32. The first kappa shape index (κ1) is 11.9. The van der Waals surface area contributed by atoms with E-state index >= 15 is 0 Å². The highest BCUT2D eigenvalue weighted by Crippen LogP contribution is 2.31. The molecule has 3 nitrogen and oxygen atoms in total. The number of carboxylic acids is 1. The third kappa shape index (κ3) is 2.55. The number of carboxylic acid groups (broad SMARTS) is 1. The first-order chi connectivity index (χ1) is 7.68. The van der Waals surface area contributed by atoms with Crippen LogP contribution in [0.4, 0.5) is 0 Å². The van der Waals surface area contributed by atoms with Gasteiger partial charge in [-0.05, 0) is 53.1 Å². The van der Waals surface area contributed by atoms with E-state index in [2.05, 4.69) is 22.6 Å². The molecule has 0 saturated carbocycles. The summed E-state index contributed by atoms with van der Waals surface area (Å²) < 4.78 is 6.49. The minimum atomic E-state index is -0.858. The average Bonchev–Trinajstić information content (AvgIpc) is 2.30. The molecule has 2 atom stereocenters.